The zero-order valence-corrected chi connectivity index (χ0v) is 19.0. The van der Waals surface area contributed by atoms with E-state index in [1.54, 1.807) is 4.68 Å². The van der Waals surface area contributed by atoms with Crippen molar-refractivity contribution in [2.75, 3.05) is 0 Å². The fourth-order valence-corrected chi connectivity index (χ4v) is 4.02. The van der Waals surface area contributed by atoms with Crippen LogP contribution < -0.4 is 5.32 Å². The summed E-state index contributed by atoms with van der Waals surface area (Å²) in [6, 6.07) is 13.2. The Hall–Kier alpha value is -2.51. The Morgan fingerprint density at radius 3 is 2.60 bits per heavy atom. The second-order valence-electron chi connectivity index (χ2n) is 8.19. The number of hydrogen-bond donors (Lipinski definition) is 2. The normalized spacial score (nSPS) is 12.6. The number of hydrogen-bond acceptors (Lipinski definition) is 4. The van der Waals surface area contributed by atoms with E-state index < -0.39 is 6.09 Å². The van der Waals surface area contributed by atoms with Crippen molar-refractivity contribution in [3.8, 4) is 5.69 Å². The zero-order chi connectivity index (χ0) is 21.9. The second kappa shape index (κ2) is 9.10. The Balaban J connectivity index is 2.00. The molecule has 30 heavy (non-hydrogen) atoms. The number of para-hydroxylation sites is 1. The number of carboxylic acid groups (broad SMARTS) is 1. The average Bonchev–Trinajstić information content (AvgIpc) is 3.04. The van der Waals surface area contributed by atoms with Crippen molar-refractivity contribution in [2.45, 2.75) is 50.2 Å². The standard InChI is InChI=1S/C22H25ClN4O2S/c1-14-9-10-19(24-13-14)30-20-12-15(11-18(22(2,3)4)25-21(28)29)26-27(20)17-8-6-5-7-16(17)23/h5-10,12-13,18,25H,11H2,1-4H3,(H,28,29). The first-order chi connectivity index (χ1) is 14.1. The monoisotopic (exact) mass is 444 g/mol. The van der Waals surface area contributed by atoms with Crippen molar-refractivity contribution in [1.82, 2.24) is 20.1 Å². The summed E-state index contributed by atoms with van der Waals surface area (Å²) in [7, 11) is 0. The lowest BCUT2D eigenvalue weighted by Crippen LogP contribution is -2.44. The van der Waals surface area contributed by atoms with Crippen molar-refractivity contribution in [3.63, 3.8) is 0 Å². The maximum Gasteiger partial charge on any atom is 0.404 e. The van der Waals surface area contributed by atoms with Crippen LogP contribution in [-0.4, -0.2) is 32.0 Å². The minimum atomic E-state index is -1.04. The van der Waals surface area contributed by atoms with Crippen LogP contribution in [0.15, 0.2) is 58.7 Å². The van der Waals surface area contributed by atoms with Gasteiger partial charge in [0.1, 0.15) is 10.1 Å². The minimum absolute atomic E-state index is 0.265. The molecule has 0 aliphatic carbocycles. The fraction of sp³-hybridized carbons (Fsp3) is 0.318. The Morgan fingerprint density at radius 2 is 2.00 bits per heavy atom. The molecule has 0 bridgehead atoms. The van der Waals surface area contributed by atoms with E-state index in [0.717, 1.165) is 27.0 Å². The van der Waals surface area contributed by atoms with Gasteiger partial charge in [0.05, 0.1) is 16.4 Å². The molecule has 3 rings (SSSR count). The predicted molar refractivity (Wildman–Crippen MR) is 120 cm³/mol. The van der Waals surface area contributed by atoms with E-state index in [4.69, 9.17) is 16.7 Å². The molecule has 158 valence electrons. The van der Waals surface area contributed by atoms with Crippen molar-refractivity contribution in [1.29, 1.82) is 0 Å². The van der Waals surface area contributed by atoms with Crippen molar-refractivity contribution in [3.05, 3.63) is 64.9 Å². The molecule has 0 radical (unpaired) electrons. The summed E-state index contributed by atoms with van der Waals surface area (Å²) < 4.78 is 1.80. The Bertz CT molecular complexity index is 1030. The number of aryl methyl sites for hydroxylation is 1. The smallest absolute Gasteiger partial charge is 0.404 e. The van der Waals surface area contributed by atoms with Crippen LogP contribution in [0.5, 0.6) is 0 Å². The summed E-state index contributed by atoms with van der Waals surface area (Å²) in [5, 5.41) is 18.9. The number of aromatic nitrogens is 3. The molecule has 1 aromatic carbocycles. The number of rotatable bonds is 6. The molecule has 0 saturated heterocycles. The molecule has 0 spiro atoms. The lowest BCUT2D eigenvalue weighted by atomic mass is 9.84. The van der Waals surface area contributed by atoms with Crippen molar-refractivity contribution in [2.24, 2.45) is 5.41 Å². The number of amides is 1. The molecule has 1 unspecified atom stereocenters. The topological polar surface area (TPSA) is 80.0 Å². The van der Waals surface area contributed by atoms with Crippen LogP contribution in [0.2, 0.25) is 5.02 Å². The van der Waals surface area contributed by atoms with Gasteiger partial charge < -0.3 is 10.4 Å². The molecule has 1 amide bonds. The lowest BCUT2D eigenvalue weighted by Gasteiger charge is -2.29. The molecule has 3 aromatic rings. The molecule has 0 aliphatic rings. The molecule has 2 N–H and O–H groups in total. The molecule has 0 saturated carbocycles. The number of benzene rings is 1. The highest BCUT2D eigenvalue weighted by atomic mass is 35.5. The Kier molecular flexibility index (Phi) is 6.73. The third kappa shape index (κ3) is 5.55. The predicted octanol–water partition coefficient (Wildman–Crippen LogP) is 5.61. The van der Waals surface area contributed by atoms with Crippen LogP contribution in [0.3, 0.4) is 0 Å². The highest BCUT2D eigenvalue weighted by Crippen LogP contribution is 2.32. The fourth-order valence-electron chi connectivity index (χ4n) is 2.93. The molecule has 2 aromatic heterocycles. The molecule has 0 aliphatic heterocycles. The van der Waals surface area contributed by atoms with E-state index >= 15 is 0 Å². The lowest BCUT2D eigenvalue weighted by molar-refractivity contribution is 0.174. The van der Waals surface area contributed by atoms with Gasteiger partial charge in [0.15, 0.2) is 0 Å². The van der Waals surface area contributed by atoms with Crippen LogP contribution in [-0.2, 0) is 6.42 Å². The number of nitrogens with zero attached hydrogens (tertiary/aromatic N) is 3. The van der Waals surface area contributed by atoms with E-state index in [1.165, 1.54) is 11.8 Å². The molecular formula is C22H25ClN4O2S. The van der Waals surface area contributed by atoms with Gasteiger partial charge in [0, 0.05) is 18.7 Å². The van der Waals surface area contributed by atoms with Crippen molar-refractivity contribution < 1.29 is 9.90 Å². The Morgan fingerprint density at radius 1 is 1.27 bits per heavy atom. The van der Waals surface area contributed by atoms with Gasteiger partial charge in [-0.15, -0.1) is 0 Å². The van der Waals surface area contributed by atoms with Crippen molar-refractivity contribution >= 4 is 29.5 Å². The van der Waals surface area contributed by atoms with Gasteiger partial charge in [-0.3, -0.25) is 0 Å². The third-order valence-corrected chi connectivity index (χ3v) is 5.93. The van der Waals surface area contributed by atoms with Crippen LogP contribution in [0.1, 0.15) is 32.0 Å². The molecule has 8 heteroatoms. The summed E-state index contributed by atoms with van der Waals surface area (Å²) >= 11 is 7.92. The maximum atomic E-state index is 11.3. The van der Waals surface area contributed by atoms with E-state index in [9.17, 15) is 9.90 Å². The summed E-state index contributed by atoms with van der Waals surface area (Å²) in [4.78, 5) is 15.8. The first-order valence-corrected chi connectivity index (χ1v) is 10.8. The second-order valence-corrected chi connectivity index (χ2v) is 9.63. The van der Waals surface area contributed by atoms with Gasteiger partial charge >= 0.3 is 6.09 Å². The molecule has 6 nitrogen and oxygen atoms in total. The van der Waals surface area contributed by atoms with Gasteiger partial charge in [-0.25, -0.2) is 14.5 Å². The maximum absolute atomic E-state index is 11.3. The molecule has 2 heterocycles. The summed E-state index contributed by atoms with van der Waals surface area (Å²) in [5.41, 5.74) is 2.36. The number of halogens is 1. The van der Waals surface area contributed by atoms with E-state index in [0.29, 0.717) is 11.4 Å². The van der Waals surface area contributed by atoms with Gasteiger partial charge in [0.25, 0.3) is 0 Å². The van der Waals surface area contributed by atoms with E-state index in [1.807, 2.05) is 76.4 Å². The quantitative estimate of drug-likeness (QED) is 0.516. The van der Waals surface area contributed by atoms with Crippen LogP contribution >= 0.6 is 23.4 Å². The van der Waals surface area contributed by atoms with E-state index in [-0.39, 0.29) is 11.5 Å². The van der Waals surface area contributed by atoms with Gasteiger partial charge in [-0.1, -0.05) is 50.6 Å². The molecule has 1 atom stereocenters. The zero-order valence-electron chi connectivity index (χ0n) is 17.4. The van der Waals surface area contributed by atoms with Gasteiger partial charge in [-0.05, 0) is 53.9 Å². The first kappa shape index (κ1) is 22.2. The van der Waals surface area contributed by atoms with Gasteiger partial charge in [0.2, 0.25) is 0 Å². The number of nitrogens with one attached hydrogen (secondary N) is 1. The highest BCUT2D eigenvalue weighted by molar-refractivity contribution is 7.99. The Labute approximate surface area is 185 Å². The average molecular weight is 445 g/mol. The largest absolute Gasteiger partial charge is 0.465 e. The van der Waals surface area contributed by atoms with Crippen LogP contribution in [0, 0.1) is 12.3 Å². The summed E-state index contributed by atoms with van der Waals surface area (Å²) in [6.45, 7) is 8.01. The number of carbonyl (C=O) groups is 1. The molecular weight excluding hydrogens is 420 g/mol. The SMILES string of the molecule is Cc1ccc(Sc2cc(CC(NC(=O)O)C(C)(C)C)nn2-c2ccccc2Cl)nc1. The highest BCUT2D eigenvalue weighted by Gasteiger charge is 2.28. The number of pyridine rings is 1. The minimum Gasteiger partial charge on any atom is -0.465 e. The summed E-state index contributed by atoms with van der Waals surface area (Å²) in [6.07, 6.45) is 1.24. The van der Waals surface area contributed by atoms with Gasteiger partial charge in [-0.2, -0.15) is 5.10 Å². The first-order valence-electron chi connectivity index (χ1n) is 9.57. The third-order valence-electron chi connectivity index (χ3n) is 4.66. The molecule has 0 fully saturated rings. The van der Waals surface area contributed by atoms with Crippen LogP contribution in [0.4, 0.5) is 4.79 Å². The van der Waals surface area contributed by atoms with E-state index in [2.05, 4.69) is 10.3 Å². The summed E-state index contributed by atoms with van der Waals surface area (Å²) in [5.74, 6) is 0. The van der Waals surface area contributed by atoms with Crippen LogP contribution in [0.25, 0.3) is 5.69 Å².